The molecule has 226 valence electrons. The van der Waals surface area contributed by atoms with Crippen LogP contribution in [0, 0.1) is 23.5 Å². The number of benzene rings is 1. The summed E-state index contributed by atoms with van der Waals surface area (Å²) in [6.07, 6.45) is 3.08. The van der Waals surface area contributed by atoms with Crippen molar-refractivity contribution >= 4 is 28.9 Å². The van der Waals surface area contributed by atoms with Crippen molar-refractivity contribution in [2.24, 2.45) is 11.8 Å². The number of pyridine rings is 2. The topological polar surface area (TPSA) is 102 Å². The molecule has 2 atom stereocenters. The van der Waals surface area contributed by atoms with Crippen molar-refractivity contribution in [1.82, 2.24) is 14.9 Å². The standard InChI is InChI=1S/C30H30F4N6O3/c1-35-21-7-20(31)25(32)23-16(21)6-22-24(23)26(40-11-15(10-38(2)3)30(33,34)13-40)18(9-36-22)14-5-17-27(41)19(29(42)43)12-39(4)28(17)37-8-14/h5,7-9,15,19,35H,6,10-13H2,1-4H3,(H,42,43). The van der Waals surface area contributed by atoms with E-state index in [0.717, 1.165) is 6.07 Å². The summed E-state index contributed by atoms with van der Waals surface area (Å²) in [5.74, 6) is -9.23. The maximum atomic E-state index is 15.6. The summed E-state index contributed by atoms with van der Waals surface area (Å²) in [5.41, 5.74) is 2.32. The predicted octanol–water partition coefficient (Wildman–Crippen LogP) is 4.00. The fraction of sp³-hybridized carbons (Fsp3) is 0.400. The molecule has 1 saturated heterocycles. The first-order chi connectivity index (χ1) is 20.3. The Labute approximate surface area is 245 Å². The Bertz CT molecular complexity index is 1680. The summed E-state index contributed by atoms with van der Waals surface area (Å²) in [7, 11) is 6.62. The van der Waals surface area contributed by atoms with E-state index in [0.29, 0.717) is 28.1 Å². The summed E-state index contributed by atoms with van der Waals surface area (Å²) in [5, 5.41) is 12.5. The Balaban J connectivity index is 1.59. The van der Waals surface area contributed by atoms with Crippen molar-refractivity contribution in [2.45, 2.75) is 12.3 Å². The molecule has 0 radical (unpaired) electrons. The Morgan fingerprint density at radius 1 is 1.14 bits per heavy atom. The van der Waals surface area contributed by atoms with Crippen LogP contribution in [-0.4, -0.2) is 92.0 Å². The molecule has 1 aliphatic carbocycles. The van der Waals surface area contributed by atoms with E-state index in [1.807, 2.05) is 0 Å². The third-order valence-corrected chi connectivity index (χ3v) is 8.54. The number of ketones is 1. The molecule has 3 aromatic rings. The Morgan fingerprint density at radius 3 is 2.56 bits per heavy atom. The highest BCUT2D eigenvalue weighted by Crippen LogP contribution is 2.52. The van der Waals surface area contributed by atoms with E-state index in [4.69, 9.17) is 0 Å². The molecule has 2 unspecified atom stereocenters. The van der Waals surface area contributed by atoms with E-state index >= 15 is 13.2 Å². The molecule has 0 bridgehead atoms. The van der Waals surface area contributed by atoms with Gasteiger partial charge in [-0.1, -0.05) is 0 Å². The average molecular weight is 599 g/mol. The predicted molar refractivity (Wildman–Crippen MR) is 153 cm³/mol. The fourth-order valence-electron chi connectivity index (χ4n) is 6.54. The Morgan fingerprint density at radius 2 is 1.88 bits per heavy atom. The highest BCUT2D eigenvalue weighted by molar-refractivity contribution is 6.13. The summed E-state index contributed by atoms with van der Waals surface area (Å²) >= 11 is 0. The number of carboxylic acid groups (broad SMARTS) is 1. The van der Waals surface area contributed by atoms with Crippen LogP contribution in [0.4, 0.5) is 34.8 Å². The van der Waals surface area contributed by atoms with Crippen LogP contribution in [0.3, 0.4) is 0 Å². The van der Waals surface area contributed by atoms with Gasteiger partial charge >= 0.3 is 5.97 Å². The molecule has 2 aliphatic heterocycles. The van der Waals surface area contributed by atoms with E-state index in [2.05, 4.69) is 15.3 Å². The van der Waals surface area contributed by atoms with Gasteiger partial charge in [0.25, 0.3) is 5.92 Å². The molecule has 3 aliphatic rings. The molecule has 2 N–H and O–H groups in total. The first-order valence-electron chi connectivity index (χ1n) is 13.8. The molecular formula is C30H30F4N6O3. The summed E-state index contributed by atoms with van der Waals surface area (Å²) < 4.78 is 61.4. The second-order valence-corrected chi connectivity index (χ2v) is 11.7. The van der Waals surface area contributed by atoms with E-state index < -0.39 is 47.7 Å². The Kier molecular flexibility index (Phi) is 6.83. The number of nitrogens with one attached hydrogen (secondary N) is 1. The second-order valence-electron chi connectivity index (χ2n) is 11.7. The van der Waals surface area contributed by atoms with Crippen LogP contribution in [0.1, 0.15) is 21.6 Å². The molecule has 4 heterocycles. The number of nitrogens with zero attached hydrogens (tertiary/aromatic N) is 5. The van der Waals surface area contributed by atoms with Crippen molar-refractivity contribution in [1.29, 1.82) is 0 Å². The van der Waals surface area contributed by atoms with Gasteiger partial charge in [0.05, 0.1) is 29.4 Å². The fourth-order valence-corrected chi connectivity index (χ4v) is 6.54. The van der Waals surface area contributed by atoms with Gasteiger partial charge in [0, 0.05) is 86.6 Å². The lowest BCUT2D eigenvalue weighted by Gasteiger charge is -2.30. The van der Waals surface area contributed by atoms with Crippen molar-refractivity contribution < 1.29 is 32.3 Å². The minimum Gasteiger partial charge on any atom is -0.481 e. The van der Waals surface area contributed by atoms with Crippen LogP contribution in [0.2, 0.25) is 0 Å². The number of aliphatic carboxylic acids is 1. The third kappa shape index (κ3) is 4.57. The van der Waals surface area contributed by atoms with Gasteiger partial charge in [-0.25, -0.2) is 22.5 Å². The molecule has 0 saturated carbocycles. The van der Waals surface area contributed by atoms with Crippen LogP contribution in [0.5, 0.6) is 0 Å². The molecule has 0 amide bonds. The number of carbonyl (C=O) groups is 2. The van der Waals surface area contributed by atoms with Crippen molar-refractivity contribution in [3.8, 4) is 22.3 Å². The van der Waals surface area contributed by atoms with E-state index in [1.54, 1.807) is 38.0 Å². The molecule has 43 heavy (non-hydrogen) atoms. The van der Waals surface area contributed by atoms with Crippen LogP contribution in [-0.2, 0) is 11.2 Å². The molecule has 1 fully saturated rings. The zero-order valence-electron chi connectivity index (χ0n) is 24.0. The van der Waals surface area contributed by atoms with Gasteiger partial charge in [-0.15, -0.1) is 0 Å². The van der Waals surface area contributed by atoms with E-state index in [-0.39, 0.29) is 54.3 Å². The maximum absolute atomic E-state index is 15.6. The number of aromatic nitrogens is 2. The van der Waals surface area contributed by atoms with E-state index in [1.165, 1.54) is 23.4 Å². The normalized spacial score (nSPS) is 20.3. The number of fused-ring (bicyclic) bond motifs is 4. The number of Topliss-reactive ketones (excluding diaryl/α,β-unsaturated/α-hetero) is 1. The largest absolute Gasteiger partial charge is 0.481 e. The first-order valence-corrected chi connectivity index (χ1v) is 13.8. The van der Waals surface area contributed by atoms with Gasteiger partial charge in [0.15, 0.2) is 17.4 Å². The second kappa shape index (κ2) is 10.2. The number of rotatable bonds is 6. The van der Waals surface area contributed by atoms with Crippen molar-refractivity contribution in [2.75, 3.05) is 69.5 Å². The lowest BCUT2D eigenvalue weighted by molar-refractivity contribution is -0.139. The summed E-state index contributed by atoms with van der Waals surface area (Å²) in [6.45, 7) is -0.680. The van der Waals surface area contributed by atoms with Crippen LogP contribution >= 0.6 is 0 Å². The van der Waals surface area contributed by atoms with Gasteiger partial charge in [0.2, 0.25) is 0 Å². The van der Waals surface area contributed by atoms with Crippen LogP contribution in [0.25, 0.3) is 22.3 Å². The molecule has 1 aromatic carbocycles. The van der Waals surface area contributed by atoms with E-state index in [9.17, 15) is 19.1 Å². The number of halogens is 4. The minimum atomic E-state index is -3.09. The van der Waals surface area contributed by atoms with Crippen molar-refractivity contribution in [3.05, 3.63) is 53.0 Å². The zero-order valence-corrected chi connectivity index (χ0v) is 24.0. The maximum Gasteiger partial charge on any atom is 0.316 e. The van der Waals surface area contributed by atoms with Gasteiger partial charge in [0.1, 0.15) is 11.7 Å². The van der Waals surface area contributed by atoms with Gasteiger partial charge in [-0.2, -0.15) is 0 Å². The van der Waals surface area contributed by atoms with Crippen LogP contribution < -0.4 is 15.1 Å². The molecule has 6 rings (SSSR count). The Hall–Kier alpha value is -4.26. The zero-order chi connectivity index (χ0) is 31.0. The number of carbonyl (C=O) groups excluding carboxylic acids is 1. The smallest absolute Gasteiger partial charge is 0.316 e. The van der Waals surface area contributed by atoms with Gasteiger partial charge in [-0.3, -0.25) is 14.6 Å². The van der Waals surface area contributed by atoms with Gasteiger partial charge in [-0.05, 0) is 25.7 Å². The quantitative estimate of drug-likeness (QED) is 0.252. The summed E-state index contributed by atoms with van der Waals surface area (Å²) in [6, 6.07) is 2.54. The lowest BCUT2D eigenvalue weighted by atomic mass is 9.91. The highest BCUT2D eigenvalue weighted by atomic mass is 19.3. The number of anilines is 3. The molecule has 9 nitrogen and oxygen atoms in total. The SMILES string of the molecule is CNc1cc(F)c(F)c2c1Cc1ncc(-c3cnc4c(c3)C(=O)C(C(=O)O)CN4C)c(N3CC(CN(C)C)C(F)(F)C3)c1-2. The van der Waals surface area contributed by atoms with Crippen LogP contribution in [0.15, 0.2) is 24.5 Å². The molecular weight excluding hydrogens is 568 g/mol. The monoisotopic (exact) mass is 598 g/mol. The molecule has 13 heteroatoms. The lowest BCUT2D eigenvalue weighted by Crippen LogP contribution is -2.41. The highest BCUT2D eigenvalue weighted by Gasteiger charge is 2.50. The number of hydrogen-bond donors (Lipinski definition) is 2. The molecule has 2 aromatic heterocycles. The first kappa shape index (κ1) is 28.8. The average Bonchev–Trinajstić information content (AvgIpc) is 3.48. The van der Waals surface area contributed by atoms with Gasteiger partial charge < -0.3 is 25.1 Å². The number of hydrogen-bond acceptors (Lipinski definition) is 8. The summed E-state index contributed by atoms with van der Waals surface area (Å²) in [4.78, 5) is 38.7. The number of alkyl halides is 2. The molecule has 0 spiro atoms. The third-order valence-electron chi connectivity index (χ3n) is 8.54. The van der Waals surface area contributed by atoms with Crippen molar-refractivity contribution in [3.63, 3.8) is 0 Å². The minimum absolute atomic E-state index is 0.0456. The number of carboxylic acids is 1.